The highest BCUT2D eigenvalue weighted by molar-refractivity contribution is 7.91. The maximum Gasteiger partial charge on any atom is 0.272 e. The summed E-state index contributed by atoms with van der Waals surface area (Å²) in [6.07, 6.45) is 5.07. The summed E-state index contributed by atoms with van der Waals surface area (Å²) < 4.78 is 26.2. The van der Waals surface area contributed by atoms with E-state index in [2.05, 4.69) is 20.8 Å². The Labute approximate surface area is 140 Å². The van der Waals surface area contributed by atoms with Crippen molar-refractivity contribution < 1.29 is 13.2 Å². The largest absolute Gasteiger partial charge is 0.352 e. The minimum absolute atomic E-state index is 0.0616. The summed E-state index contributed by atoms with van der Waals surface area (Å²) in [7, 11) is -3.93. The van der Waals surface area contributed by atoms with Gasteiger partial charge in [-0.15, -0.1) is 0 Å². The Balaban J connectivity index is 1.74. The first-order valence-electron chi connectivity index (χ1n) is 7.92. The molecule has 0 saturated heterocycles. The van der Waals surface area contributed by atoms with Gasteiger partial charge in [0.05, 0.1) is 5.69 Å². The third-order valence-corrected chi connectivity index (χ3v) is 5.46. The summed E-state index contributed by atoms with van der Waals surface area (Å²) in [5.41, 5.74) is 0.522. The van der Waals surface area contributed by atoms with Crippen molar-refractivity contribution >= 4 is 15.7 Å². The Morgan fingerprint density at radius 2 is 1.88 bits per heavy atom. The zero-order valence-corrected chi connectivity index (χ0v) is 13.9. The van der Waals surface area contributed by atoms with E-state index >= 15 is 0 Å². The molecule has 8 nitrogen and oxygen atoms in total. The van der Waals surface area contributed by atoms with Gasteiger partial charge in [-0.1, -0.05) is 42.6 Å². The zero-order valence-electron chi connectivity index (χ0n) is 13.1. The second-order valence-corrected chi connectivity index (χ2v) is 7.75. The molecular formula is C15H19N5O3S. The molecule has 1 aliphatic carbocycles. The van der Waals surface area contributed by atoms with Gasteiger partial charge in [-0.25, -0.2) is 8.42 Å². The molecule has 0 aliphatic heterocycles. The van der Waals surface area contributed by atoms with Crippen molar-refractivity contribution in [1.82, 2.24) is 25.5 Å². The molecule has 0 spiro atoms. The van der Waals surface area contributed by atoms with E-state index < -0.39 is 21.5 Å². The number of aromatic nitrogens is 4. The zero-order chi connectivity index (χ0) is 17.0. The van der Waals surface area contributed by atoms with Crippen LogP contribution in [0.25, 0.3) is 5.69 Å². The first-order chi connectivity index (χ1) is 11.6. The fraction of sp³-hybridized carbons (Fsp3) is 0.467. The third-order valence-electron chi connectivity index (χ3n) is 4.01. The summed E-state index contributed by atoms with van der Waals surface area (Å²) in [5, 5.41) is 13.2. The maximum absolute atomic E-state index is 12.5. The highest BCUT2D eigenvalue weighted by Gasteiger charge is 2.28. The van der Waals surface area contributed by atoms with E-state index in [0.717, 1.165) is 36.8 Å². The van der Waals surface area contributed by atoms with Crippen LogP contribution in [-0.2, 0) is 14.6 Å². The van der Waals surface area contributed by atoms with Gasteiger partial charge in [-0.05, 0) is 35.4 Å². The van der Waals surface area contributed by atoms with Gasteiger partial charge in [-0.3, -0.25) is 4.79 Å². The molecule has 1 amide bonds. The normalized spacial score (nSPS) is 16.0. The first-order valence-corrected chi connectivity index (χ1v) is 9.57. The number of carbonyl (C=O) groups excluding carboxylic acids is 1. The van der Waals surface area contributed by atoms with Gasteiger partial charge in [0.15, 0.2) is 0 Å². The fourth-order valence-electron chi connectivity index (χ4n) is 2.86. The molecule has 0 radical (unpaired) electrons. The lowest BCUT2D eigenvalue weighted by Crippen LogP contribution is -2.39. The van der Waals surface area contributed by atoms with E-state index in [4.69, 9.17) is 0 Å². The number of nitrogens with zero attached hydrogens (tertiary/aromatic N) is 4. The topological polar surface area (TPSA) is 107 Å². The summed E-state index contributed by atoms with van der Waals surface area (Å²) in [6.45, 7) is 0. The average molecular weight is 349 g/mol. The monoisotopic (exact) mass is 349 g/mol. The van der Waals surface area contributed by atoms with Crippen molar-refractivity contribution in [1.29, 1.82) is 0 Å². The molecule has 1 aromatic heterocycles. The molecule has 1 aliphatic rings. The number of amides is 1. The van der Waals surface area contributed by atoms with E-state index in [0.29, 0.717) is 5.69 Å². The van der Waals surface area contributed by atoms with Crippen LogP contribution >= 0.6 is 0 Å². The summed E-state index contributed by atoms with van der Waals surface area (Å²) in [5.74, 6) is -1.17. The second-order valence-electron chi connectivity index (χ2n) is 5.87. The summed E-state index contributed by atoms with van der Waals surface area (Å²) in [6, 6.07) is 8.76. The number of para-hydroxylation sites is 1. The van der Waals surface area contributed by atoms with E-state index in [1.54, 1.807) is 30.3 Å². The van der Waals surface area contributed by atoms with Crippen LogP contribution in [0, 0.1) is 0 Å². The maximum atomic E-state index is 12.5. The van der Waals surface area contributed by atoms with Crippen LogP contribution in [0.4, 0.5) is 0 Å². The van der Waals surface area contributed by atoms with Gasteiger partial charge in [0.1, 0.15) is 5.75 Å². The molecule has 24 heavy (non-hydrogen) atoms. The van der Waals surface area contributed by atoms with Gasteiger partial charge in [0.2, 0.25) is 15.7 Å². The van der Waals surface area contributed by atoms with Crippen molar-refractivity contribution in [3.05, 3.63) is 30.3 Å². The molecule has 128 valence electrons. The molecule has 1 saturated carbocycles. The Bertz CT molecular complexity index is 798. The second kappa shape index (κ2) is 7.08. The van der Waals surface area contributed by atoms with Crippen LogP contribution in [0.2, 0.25) is 0 Å². The molecule has 1 N–H and O–H groups in total. The lowest BCUT2D eigenvalue weighted by Gasteiger charge is -2.22. The molecule has 9 heteroatoms. The Kier molecular flexibility index (Phi) is 4.89. The van der Waals surface area contributed by atoms with Crippen LogP contribution in [0.3, 0.4) is 0 Å². The van der Waals surface area contributed by atoms with Gasteiger partial charge in [-0.2, -0.15) is 4.68 Å². The average Bonchev–Trinajstić information content (AvgIpc) is 3.06. The Morgan fingerprint density at radius 3 is 2.58 bits per heavy atom. The number of hydrogen-bond acceptors (Lipinski definition) is 6. The molecule has 0 atom stereocenters. The van der Waals surface area contributed by atoms with Gasteiger partial charge in [0, 0.05) is 6.04 Å². The smallest absolute Gasteiger partial charge is 0.272 e. The lowest BCUT2D eigenvalue weighted by atomic mass is 9.95. The highest BCUT2D eigenvalue weighted by Crippen LogP contribution is 2.18. The number of benzene rings is 1. The SMILES string of the molecule is O=C(CS(=O)(=O)c1nnnn1-c1ccccc1)NC1CCCCC1. The van der Waals surface area contributed by atoms with E-state index in [9.17, 15) is 13.2 Å². The van der Waals surface area contributed by atoms with Gasteiger partial charge >= 0.3 is 0 Å². The quantitative estimate of drug-likeness (QED) is 0.859. The van der Waals surface area contributed by atoms with Crippen LogP contribution in [0.15, 0.2) is 35.5 Å². The van der Waals surface area contributed by atoms with Gasteiger partial charge in [0.25, 0.3) is 5.16 Å². The molecule has 1 aromatic carbocycles. The highest BCUT2D eigenvalue weighted by atomic mass is 32.2. The van der Waals surface area contributed by atoms with E-state index in [-0.39, 0.29) is 11.2 Å². The van der Waals surface area contributed by atoms with Crippen molar-refractivity contribution in [3.63, 3.8) is 0 Å². The van der Waals surface area contributed by atoms with Crippen LogP contribution < -0.4 is 5.32 Å². The lowest BCUT2D eigenvalue weighted by molar-refractivity contribution is -0.119. The molecule has 1 heterocycles. The molecule has 2 aromatic rings. The first kappa shape index (κ1) is 16.6. The van der Waals surface area contributed by atoms with Crippen LogP contribution in [0.5, 0.6) is 0 Å². The minimum atomic E-state index is -3.93. The standard InChI is InChI=1S/C15H19N5O3S/c21-14(16-12-7-3-1-4-8-12)11-24(22,23)15-17-18-19-20(15)13-9-5-2-6-10-13/h2,5-6,9-10,12H,1,3-4,7-8,11H2,(H,16,21). The molecule has 0 unspecified atom stereocenters. The minimum Gasteiger partial charge on any atom is -0.352 e. The van der Waals surface area contributed by atoms with Crippen molar-refractivity contribution in [2.75, 3.05) is 5.75 Å². The summed E-state index contributed by atoms with van der Waals surface area (Å²) in [4.78, 5) is 12.1. The van der Waals surface area contributed by atoms with Crippen LogP contribution in [0.1, 0.15) is 32.1 Å². The number of sulfone groups is 1. The number of hydrogen-bond donors (Lipinski definition) is 1. The number of carbonyl (C=O) groups is 1. The molecule has 0 bridgehead atoms. The number of rotatable bonds is 5. The Hall–Kier alpha value is -2.29. The van der Waals surface area contributed by atoms with Gasteiger partial charge < -0.3 is 5.32 Å². The predicted molar refractivity (Wildman–Crippen MR) is 86.2 cm³/mol. The van der Waals surface area contributed by atoms with Crippen LogP contribution in [-0.4, -0.2) is 46.3 Å². The van der Waals surface area contributed by atoms with Crippen molar-refractivity contribution in [3.8, 4) is 5.69 Å². The number of nitrogens with one attached hydrogen (secondary N) is 1. The van der Waals surface area contributed by atoms with Crippen molar-refractivity contribution in [2.45, 2.75) is 43.3 Å². The van der Waals surface area contributed by atoms with E-state index in [1.165, 1.54) is 0 Å². The van der Waals surface area contributed by atoms with Crippen molar-refractivity contribution in [2.24, 2.45) is 0 Å². The Morgan fingerprint density at radius 1 is 1.17 bits per heavy atom. The predicted octanol–water partition coefficient (Wildman–Crippen LogP) is 0.885. The molecule has 1 fully saturated rings. The molecule has 3 rings (SSSR count). The fourth-order valence-corrected chi connectivity index (χ4v) is 3.98. The third kappa shape index (κ3) is 3.78. The van der Waals surface area contributed by atoms with E-state index in [1.807, 2.05) is 0 Å². The number of tetrazole rings is 1. The summed E-state index contributed by atoms with van der Waals surface area (Å²) >= 11 is 0. The molecular weight excluding hydrogens is 330 g/mol.